The highest BCUT2D eigenvalue weighted by atomic mass is 16.5. The van der Waals surface area contributed by atoms with Gasteiger partial charge < -0.3 is 15.0 Å². The van der Waals surface area contributed by atoms with Crippen molar-refractivity contribution in [2.75, 3.05) is 26.2 Å². The van der Waals surface area contributed by atoms with Gasteiger partial charge in [-0.1, -0.05) is 26.0 Å². The lowest BCUT2D eigenvalue weighted by Gasteiger charge is -2.25. The molecule has 1 heterocycles. The average Bonchev–Trinajstić information content (AvgIpc) is 2.75. The summed E-state index contributed by atoms with van der Waals surface area (Å²) in [6.07, 6.45) is 0.553. The summed E-state index contributed by atoms with van der Waals surface area (Å²) < 4.78 is 6.03. The first-order chi connectivity index (χ1) is 10.5. The van der Waals surface area contributed by atoms with Crippen LogP contribution in [-0.4, -0.2) is 43.1 Å². The summed E-state index contributed by atoms with van der Waals surface area (Å²) in [5.41, 5.74) is 2.31. The highest BCUT2D eigenvalue weighted by Crippen LogP contribution is 2.28. The van der Waals surface area contributed by atoms with Crippen LogP contribution in [0.4, 0.5) is 0 Å². The van der Waals surface area contributed by atoms with Crippen LogP contribution in [0.15, 0.2) is 18.2 Å². The van der Waals surface area contributed by atoms with E-state index in [1.807, 2.05) is 24.8 Å². The van der Waals surface area contributed by atoms with Crippen LogP contribution >= 0.6 is 0 Å². The number of nitrogens with zero attached hydrogens (tertiary/aromatic N) is 1. The van der Waals surface area contributed by atoms with Crippen molar-refractivity contribution in [1.29, 1.82) is 0 Å². The highest BCUT2D eigenvalue weighted by Gasteiger charge is 2.23. The molecule has 1 fully saturated rings. The molecule has 1 aromatic rings. The van der Waals surface area contributed by atoms with Gasteiger partial charge in [0, 0.05) is 19.6 Å². The van der Waals surface area contributed by atoms with Gasteiger partial charge in [0.2, 0.25) is 0 Å². The summed E-state index contributed by atoms with van der Waals surface area (Å²) in [7, 11) is 0. The number of hydrogen-bond donors (Lipinski definition) is 1. The van der Waals surface area contributed by atoms with Crippen molar-refractivity contribution in [3.63, 3.8) is 0 Å². The highest BCUT2D eigenvalue weighted by molar-refractivity contribution is 5.81. The van der Waals surface area contributed by atoms with Crippen molar-refractivity contribution < 1.29 is 9.53 Å². The molecular formula is C18H28N2O2. The molecule has 4 heteroatoms. The van der Waals surface area contributed by atoms with Crippen LogP contribution in [0.3, 0.4) is 0 Å². The molecule has 0 radical (unpaired) electrons. The van der Waals surface area contributed by atoms with Crippen LogP contribution in [0.5, 0.6) is 5.75 Å². The van der Waals surface area contributed by atoms with Gasteiger partial charge in [-0.25, -0.2) is 0 Å². The van der Waals surface area contributed by atoms with Crippen molar-refractivity contribution in [1.82, 2.24) is 10.2 Å². The number of benzene rings is 1. The van der Waals surface area contributed by atoms with Crippen molar-refractivity contribution in [2.24, 2.45) is 0 Å². The van der Waals surface area contributed by atoms with E-state index in [1.165, 1.54) is 0 Å². The molecule has 1 atom stereocenters. The van der Waals surface area contributed by atoms with Crippen LogP contribution in [0.25, 0.3) is 0 Å². The van der Waals surface area contributed by atoms with Crippen molar-refractivity contribution in [3.05, 3.63) is 29.3 Å². The second-order valence-corrected chi connectivity index (χ2v) is 6.38. The van der Waals surface area contributed by atoms with E-state index in [0.717, 1.165) is 49.5 Å². The molecule has 1 amide bonds. The lowest BCUT2D eigenvalue weighted by atomic mass is 10.0. The summed E-state index contributed by atoms with van der Waals surface area (Å²) in [6.45, 7) is 11.6. The fourth-order valence-electron chi connectivity index (χ4n) is 2.78. The third kappa shape index (κ3) is 4.23. The summed E-state index contributed by atoms with van der Waals surface area (Å²) in [5, 5.41) is 3.32. The van der Waals surface area contributed by atoms with Gasteiger partial charge in [-0.2, -0.15) is 0 Å². The standard InChI is InChI=1S/C18H28N2O2/c1-13(2)16-7-6-14(3)12-17(16)22-15(4)18(21)20-10-5-8-19-9-11-20/h6-7,12-13,15,19H,5,8-11H2,1-4H3. The molecule has 22 heavy (non-hydrogen) atoms. The molecule has 1 aliphatic rings. The Hall–Kier alpha value is -1.55. The quantitative estimate of drug-likeness (QED) is 0.930. The zero-order valence-corrected chi connectivity index (χ0v) is 14.2. The van der Waals surface area contributed by atoms with Gasteiger partial charge in [-0.3, -0.25) is 4.79 Å². The number of ether oxygens (including phenoxy) is 1. The van der Waals surface area contributed by atoms with E-state index in [4.69, 9.17) is 4.74 Å². The normalized spacial score (nSPS) is 17.2. The summed E-state index contributed by atoms with van der Waals surface area (Å²) in [5.74, 6) is 1.30. The van der Waals surface area contributed by atoms with Crippen LogP contribution in [0.2, 0.25) is 0 Å². The van der Waals surface area contributed by atoms with Crippen molar-refractivity contribution >= 4 is 5.91 Å². The van der Waals surface area contributed by atoms with Gasteiger partial charge in [0.1, 0.15) is 5.75 Å². The molecular weight excluding hydrogens is 276 g/mol. The van der Waals surface area contributed by atoms with Crippen molar-refractivity contribution in [2.45, 2.75) is 46.1 Å². The third-order valence-electron chi connectivity index (χ3n) is 4.09. The number of hydrogen-bond acceptors (Lipinski definition) is 3. The first-order valence-corrected chi connectivity index (χ1v) is 8.25. The molecule has 1 aromatic carbocycles. The minimum absolute atomic E-state index is 0.0833. The van der Waals surface area contributed by atoms with E-state index in [1.54, 1.807) is 0 Å². The Bertz CT molecular complexity index is 506. The van der Waals surface area contributed by atoms with E-state index in [-0.39, 0.29) is 5.91 Å². The van der Waals surface area contributed by atoms with Gasteiger partial charge in [-0.15, -0.1) is 0 Å². The van der Waals surface area contributed by atoms with Gasteiger partial charge in [0.25, 0.3) is 5.91 Å². The second kappa shape index (κ2) is 7.63. The molecule has 1 unspecified atom stereocenters. The number of carbonyl (C=O) groups excluding carboxylic acids is 1. The Morgan fingerprint density at radius 2 is 2.00 bits per heavy atom. The van der Waals surface area contributed by atoms with Gasteiger partial charge >= 0.3 is 0 Å². The molecule has 1 N–H and O–H groups in total. The van der Waals surface area contributed by atoms with Crippen LogP contribution < -0.4 is 10.1 Å². The molecule has 0 bridgehead atoms. The first kappa shape index (κ1) is 16.8. The Kier molecular flexibility index (Phi) is 5.83. The van der Waals surface area contributed by atoms with Crippen LogP contribution in [-0.2, 0) is 4.79 Å². The molecule has 0 spiro atoms. The van der Waals surface area contributed by atoms with Gasteiger partial charge in [0.05, 0.1) is 0 Å². The maximum Gasteiger partial charge on any atom is 0.263 e. The maximum absolute atomic E-state index is 12.6. The summed E-state index contributed by atoms with van der Waals surface area (Å²) in [6, 6.07) is 6.22. The molecule has 0 aromatic heterocycles. The smallest absolute Gasteiger partial charge is 0.263 e. The molecule has 122 valence electrons. The average molecular weight is 304 g/mol. The minimum Gasteiger partial charge on any atom is -0.481 e. The largest absolute Gasteiger partial charge is 0.481 e. The number of rotatable bonds is 4. The molecule has 2 rings (SSSR count). The lowest BCUT2D eigenvalue weighted by Crippen LogP contribution is -2.42. The third-order valence-corrected chi connectivity index (χ3v) is 4.09. The predicted molar refractivity (Wildman–Crippen MR) is 89.4 cm³/mol. The zero-order valence-electron chi connectivity index (χ0n) is 14.2. The minimum atomic E-state index is -0.447. The zero-order chi connectivity index (χ0) is 16.1. The Morgan fingerprint density at radius 1 is 1.23 bits per heavy atom. The van der Waals surface area contributed by atoms with E-state index < -0.39 is 6.10 Å². The fourth-order valence-corrected chi connectivity index (χ4v) is 2.78. The lowest BCUT2D eigenvalue weighted by molar-refractivity contribution is -0.137. The van der Waals surface area contributed by atoms with E-state index >= 15 is 0 Å². The molecule has 0 saturated carbocycles. The molecule has 1 saturated heterocycles. The maximum atomic E-state index is 12.6. The summed E-state index contributed by atoms with van der Waals surface area (Å²) in [4.78, 5) is 14.5. The molecule has 1 aliphatic heterocycles. The monoisotopic (exact) mass is 304 g/mol. The number of amides is 1. The molecule has 4 nitrogen and oxygen atoms in total. The fraction of sp³-hybridized carbons (Fsp3) is 0.611. The Morgan fingerprint density at radius 3 is 2.73 bits per heavy atom. The van der Waals surface area contributed by atoms with Crippen molar-refractivity contribution in [3.8, 4) is 5.75 Å². The second-order valence-electron chi connectivity index (χ2n) is 6.38. The van der Waals surface area contributed by atoms with Crippen LogP contribution in [0, 0.1) is 6.92 Å². The Labute approximate surface area is 133 Å². The van der Waals surface area contributed by atoms with Gasteiger partial charge in [-0.05, 0) is 49.9 Å². The summed E-state index contributed by atoms with van der Waals surface area (Å²) >= 11 is 0. The Balaban J connectivity index is 2.09. The molecule has 0 aliphatic carbocycles. The van der Waals surface area contributed by atoms with Crippen LogP contribution in [0.1, 0.15) is 44.2 Å². The predicted octanol–water partition coefficient (Wildman–Crippen LogP) is 2.71. The topological polar surface area (TPSA) is 41.6 Å². The van der Waals surface area contributed by atoms with E-state index in [9.17, 15) is 4.79 Å². The number of carbonyl (C=O) groups is 1. The van der Waals surface area contributed by atoms with Gasteiger partial charge in [0.15, 0.2) is 6.10 Å². The number of aryl methyl sites for hydroxylation is 1. The van der Waals surface area contributed by atoms with E-state index in [0.29, 0.717) is 5.92 Å². The first-order valence-electron chi connectivity index (χ1n) is 8.25. The van der Waals surface area contributed by atoms with E-state index in [2.05, 4.69) is 31.3 Å². The number of nitrogens with one attached hydrogen (secondary N) is 1. The SMILES string of the molecule is Cc1ccc(C(C)C)c(OC(C)C(=O)N2CCCNCC2)c1.